The first-order valence-electron chi connectivity index (χ1n) is 12.0. The van der Waals surface area contributed by atoms with Gasteiger partial charge in [0.15, 0.2) is 0 Å². The van der Waals surface area contributed by atoms with E-state index < -0.39 is 0 Å². The molecule has 1 heteroatoms. The van der Waals surface area contributed by atoms with Crippen LogP contribution in [-0.4, -0.2) is 6.29 Å². The second-order valence-corrected chi connectivity index (χ2v) is 10.3. The smallest absolute Gasteiger partial charge is 0.119 e. The third-order valence-electron chi connectivity index (χ3n) is 9.65. The van der Waals surface area contributed by atoms with E-state index in [2.05, 4.69) is 13.8 Å². The molecule has 0 aromatic heterocycles. The van der Waals surface area contributed by atoms with Crippen molar-refractivity contribution in [1.82, 2.24) is 0 Å². The Balaban J connectivity index is 0.000000948. The van der Waals surface area contributed by atoms with E-state index in [1.54, 1.807) is 0 Å². The van der Waals surface area contributed by atoms with E-state index in [9.17, 15) is 4.79 Å². The minimum Gasteiger partial charge on any atom is -0.303 e. The average Bonchev–Trinajstić information content (AvgIpc) is 3.00. The molecule has 7 atom stereocenters. The molecule has 0 N–H and O–H groups in total. The Hall–Kier alpha value is -0.330. The lowest BCUT2D eigenvalue weighted by Gasteiger charge is -2.60. The van der Waals surface area contributed by atoms with Crippen molar-refractivity contribution < 1.29 is 4.79 Å². The Morgan fingerprint density at radius 2 is 1.62 bits per heavy atom. The van der Waals surface area contributed by atoms with Crippen molar-refractivity contribution in [3.8, 4) is 0 Å². The van der Waals surface area contributed by atoms with Gasteiger partial charge in [0.2, 0.25) is 0 Å². The molecule has 150 valence electrons. The summed E-state index contributed by atoms with van der Waals surface area (Å²) in [7, 11) is 0. The Morgan fingerprint density at radius 1 is 0.846 bits per heavy atom. The topological polar surface area (TPSA) is 17.1 Å². The Labute approximate surface area is 163 Å². The maximum atomic E-state index is 10.7. The molecule has 0 radical (unpaired) electrons. The summed E-state index contributed by atoms with van der Waals surface area (Å²) in [5.41, 5.74) is 1.28. The van der Waals surface area contributed by atoms with E-state index in [1.807, 2.05) is 13.8 Å². The normalized spacial score (nSPS) is 47.0. The predicted octanol–water partition coefficient (Wildman–Crippen LogP) is 7.43. The molecule has 4 rings (SSSR count). The summed E-state index contributed by atoms with van der Waals surface area (Å²) >= 11 is 0. The SMILES string of the molecule is CC.CC12CCCCC1CCC1C2CCC2(C)C(CCCC=O)CCC12. The highest BCUT2D eigenvalue weighted by molar-refractivity contribution is 5.48. The van der Waals surface area contributed by atoms with Gasteiger partial charge in [-0.05, 0) is 105 Å². The predicted molar refractivity (Wildman–Crippen MR) is 111 cm³/mol. The number of unbranched alkanes of at least 4 members (excludes halogenated alkanes) is 1. The van der Waals surface area contributed by atoms with Gasteiger partial charge in [0, 0.05) is 6.42 Å². The summed E-state index contributed by atoms with van der Waals surface area (Å²) in [6.45, 7) is 9.33. The summed E-state index contributed by atoms with van der Waals surface area (Å²) in [5.74, 6) is 5.00. The Kier molecular flexibility index (Phi) is 6.56. The van der Waals surface area contributed by atoms with Crippen molar-refractivity contribution >= 4 is 6.29 Å². The van der Waals surface area contributed by atoms with Crippen molar-refractivity contribution in [2.24, 2.45) is 40.4 Å². The van der Waals surface area contributed by atoms with Crippen LogP contribution in [0.4, 0.5) is 0 Å². The highest BCUT2D eigenvalue weighted by atomic mass is 16.1. The molecule has 0 amide bonds. The van der Waals surface area contributed by atoms with Crippen LogP contribution in [0.15, 0.2) is 0 Å². The van der Waals surface area contributed by atoms with Crippen molar-refractivity contribution in [3.63, 3.8) is 0 Å². The fourth-order valence-electron chi connectivity index (χ4n) is 8.33. The first-order chi connectivity index (χ1) is 12.6. The van der Waals surface area contributed by atoms with E-state index in [0.29, 0.717) is 10.8 Å². The van der Waals surface area contributed by atoms with Gasteiger partial charge < -0.3 is 4.79 Å². The van der Waals surface area contributed by atoms with Gasteiger partial charge in [-0.2, -0.15) is 0 Å². The maximum Gasteiger partial charge on any atom is 0.119 e. The van der Waals surface area contributed by atoms with Crippen molar-refractivity contribution in [2.45, 2.75) is 111 Å². The third kappa shape index (κ3) is 3.30. The monoisotopic (exact) mass is 360 g/mol. The van der Waals surface area contributed by atoms with Gasteiger partial charge in [0.1, 0.15) is 6.29 Å². The van der Waals surface area contributed by atoms with E-state index in [-0.39, 0.29) is 0 Å². The van der Waals surface area contributed by atoms with Crippen LogP contribution in [0.5, 0.6) is 0 Å². The molecule has 4 saturated carbocycles. The van der Waals surface area contributed by atoms with Gasteiger partial charge in [0.25, 0.3) is 0 Å². The molecule has 0 bridgehead atoms. The number of hydrogen-bond donors (Lipinski definition) is 0. The molecule has 7 unspecified atom stereocenters. The summed E-state index contributed by atoms with van der Waals surface area (Å²) < 4.78 is 0. The number of aldehydes is 1. The van der Waals surface area contributed by atoms with Gasteiger partial charge in [-0.15, -0.1) is 0 Å². The van der Waals surface area contributed by atoms with E-state index in [0.717, 1.165) is 48.7 Å². The van der Waals surface area contributed by atoms with Crippen molar-refractivity contribution in [1.29, 1.82) is 0 Å². The molecule has 4 aliphatic carbocycles. The summed E-state index contributed by atoms with van der Waals surface area (Å²) in [6.07, 6.45) is 19.4. The maximum absolute atomic E-state index is 10.7. The summed E-state index contributed by atoms with van der Waals surface area (Å²) in [5, 5.41) is 0. The minimum atomic E-state index is 0.599. The molecule has 0 saturated heterocycles. The molecule has 0 aliphatic heterocycles. The first kappa shape index (κ1) is 20.4. The van der Waals surface area contributed by atoms with Crippen LogP contribution in [0, 0.1) is 40.4 Å². The van der Waals surface area contributed by atoms with Crippen molar-refractivity contribution in [2.75, 3.05) is 0 Å². The lowest BCUT2D eigenvalue weighted by atomic mass is 9.45. The van der Waals surface area contributed by atoms with Crippen LogP contribution in [0.3, 0.4) is 0 Å². The fraction of sp³-hybridized carbons (Fsp3) is 0.960. The van der Waals surface area contributed by atoms with Crippen LogP contribution < -0.4 is 0 Å². The van der Waals surface area contributed by atoms with Crippen LogP contribution in [-0.2, 0) is 4.79 Å². The van der Waals surface area contributed by atoms with E-state index in [1.165, 1.54) is 70.6 Å². The van der Waals surface area contributed by atoms with Gasteiger partial charge in [-0.1, -0.05) is 40.5 Å². The van der Waals surface area contributed by atoms with Gasteiger partial charge >= 0.3 is 0 Å². The lowest BCUT2D eigenvalue weighted by Crippen LogP contribution is -2.52. The largest absolute Gasteiger partial charge is 0.303 e. The Morgan fingerprint density at radius 3 is 2.38 bits per heavy atom. The number of rotatable bonds is 4. The minimum absolute atomic E-state index is 0.599. The quantitative estimate of drug-likeness (QED) is 0.376. The third-order valence-corrected chi connectivity index (χ3v) is 9.65. The van der Waals surface area contributed by atoms with Gasteiger partial charge in [-0.3, -0.25) is 0 Å². The molecule has 26 heavy (non-hydrogen) atoms. The molecule has 4 fully saturated rings. The standard InChI is InChI=1S/C23H38O.C2H6/c1-22-14-5-3-7-17(22)9-11-19-20-12-10-18(8-4-6-16-24)23(20,2)15-13-21(19)22;1-2/h16-21H,3-15H2,1-2H3;1-2H3. The van der Waals surface area contributed by atoms with Crippen LogP contribution >= 0.6 is 0 Å². The Bertz CT molecular complexity index is 471. The van der Waals surface area contributed by atoms with E-state index >= 15 is 0 Å². The van der Waals surface area contributed by atoms with Crippen LogP contribution in [0.25, 0.3) is 0 Å². The molecule has 0 aromatic rings. The fourth-order valence-corrected chi connectivity index (χ4v) is 8.33. The summed E-state index contributed by atoms with van der Waals surface area (Å²) in [4.78, 5) is 10.7. The molecule has 0 heterocycles. The van der Waals surface area contributed by atoms with Crippen LogP contribution in [0.2, 0.25) is 0 Å². The molecular formula is C25H44O. The lowest BCUT2D eigenvalue weighted by molar-refractivity contribution is -0.112. The highest BCUT2D eigenvalue weighted by Crippen LogP contribution is 2.67. The second-order valence-electron chi connectivity index (χ2n) is 10.3. The van der Waals surface area contributed by atoms with Crippen LogP contribution in [0.1, 0.15) is 111 Å². The zero-order chi connectivity index (χ0) is 18.8. The summed E-state index contributed by atoms with van der Waals surface area (Å²) in [6, 6.07) is 0. The van der Waals surface area contributed by atoms with Gasteiger partial charge in [-0.25, -0.2) is 0 Å². The highest BCUT2D eigenvalue weighted by Gasteiger charge is 2.59. The number of carbonyl (C=O) groups is 1. The zero-order valence-corrected chi connectivity index (χ0v) is 18.1. The molecule has 1 nitrogen and oxygen atoms in total. The average molecular weight is 361 g/mol. The molecular weight excluding hydrogens is 316 g/mol. The second kappa shape index (κ2) is 8.36. The van der Waals surface area contributed by atoms with E-state index in [4.69, 9.17) is 0 Å². The zero-order valence-electron chi connectivity index (χ0n) is 18.1. The van der Waals surface area contributed by atoms with Gasteiger partial charge in [0.05, 0.1) is 0 Å². The van der Waals surface area contributed by atoms with Crippen molar-refractivity contribution in [3.05, 3.63) is 0 Å². The number of hydrogen-bond acceptors (Lipinski definition) is 1. The molecule has 0 aromatic carbocycles. The first-order valence-corrected chi connectivity index (χ1v) is 12.0. The molecule has 4 aliphatic rings. The number of fused-ring (bicyclic) bond motifs is 5. The molecule has 0 spiro atoms. The number of carbonyl (C=O) groups excluding carboxylic acids is 1.